The number of rotatable bonds is 1. The molecule has 1 aliphatic heterocycles. The average molecular weight is 403 g/mol. The van der Waals surface area contributed by atoms with Gasteiger partial charge in [0.25, 0.3) is 0 Å². The minimum absolute atomic E-state index is 0.0223. The highest BCUT2D eigenvalue weighted by molar-refractivity contribution is 5.83. The third kappa shape index (κ3) is 5.32. The first kappa shape index (κ1) is 25.0. The largest absolute Gasteiger partial charge is 0.462 e. The number of aliphatic hydroxyl groups is 4. The number of hydrogen-bond donors (Lipinski definition) is 4. The molecule has 0 aromatic heterocycles. The Bertz CT molecular complexity index is 547. The van der Waals surface area contributed by atoms with Crippen molar-refractivity contribution in [3.8, 4) is 0 Å². The van der Waals surface area contributed by atoms with Gasteiger partial charge in [0.05, 0.1) is 29.8 Å². The summed E-state index contributed by atoms with van der Waals surface area (Å²) in [5, 5.41) is 42.7. The molecule has 0 bridgehead atoms. The Balaban J connectivity index is 3.32. The van der Waals surface area contributed by atoms with E-state index in [0.717, 1.165) is 0 Å². The van der Waals surface area contributed by atoms with Gasteiger partial charge >= 0.3 is 5.97 Å². The first-order chi connectivity index (χ1) is 12.8. The molecule has 1 aliphatic rings. The predicted molar refractivity (Wildman–Crippen MR) is 104 cm³/mol. The van der Waals surface area contributed by atoms with Crippen LogP contribution in [0.2, 0.25) is 0 Å². The van der Waals surface area contributed by atoms with E-state index in [2.05, 4.69) is 0 Å². The van der Waals surface area contributed by atoms with Gasteiger partial charge < -0.3 is 25.2 Å². The van der Waals surface area contributed by atoms with Crippen molar-refractivity contribution in [1.82, 2.24) is 0 Å². The van der Waals surface area contributed by atoms with E-state index < -0.39 is 65.6 Å². The molecule has 1 rings (SSSR count). The lowest BCUT2D eigenvalue weighted by molar-refractivity contribution is -0.171. The van der Waals surface area contributed by atoms with Crippen molar-refractivity contribution in [3.63, 3.8) is 0 Å². The van der Waals surface area contributed by atoms with E-state index in [0.29, 0.717) is 6.42 Å². The summed E-state index contributed by atoms with van der Waals surface area (Å²) in [7, 11) is 0. The van der Waals surface area contributed by atoms with Gasteiger partial charge in [-0.1, -0.05) is 34.6 Å². The summed E-state index contributed by atoms with van der Waals surface area (Å²) < 4.78 is 5.54. The number of carbonyl (C=O) groups is 2. The monoisotopic (exact) mass is 402 g/mol. The summed E-state index contributed by atoms with van der Waals surface area (Å²) in [6.45, 7) is 11.3. The Morgan fingerprint density at radius 1 is 0.964 bits per heavy atom. The third-order valence-corrected chi connectivity index (χ3v) is 6.52. The molecule has 7 nitrogen and oxygen atoms in total. The van der Waals surface area contributed by atoms with Crippen LogP contribution in [0.15, 0.2) is 0 Å². The van der Waals surface area contributed by atoms with E-state index in [4.69, 9.17) is 4.74 Å². The number of cyclic esters (lactones) is 1. The normalized spacial score (nSPS) is 47.3. The molecule has 0 radical (unpaired) electrons. The van der Waals surface area contributed by atoms with Crippen LogP contribution in [0.3, 0.4) is 0 Å². The molecular weight excluding hydrogens is 364 g/mol. The summed E-state index contributed by atoms with van der Waals surface area (Å²) in [6.07, 6.45) is -3.78. The Morgan fingerprint density at radius 3 is 1.96 bits per heavy atom. The summed E-state index contributed by atoms with van der Waals surface area (Å²) in [5.41, 5.74) is -1.65. The van der Waals surface area contributed by atoms with Gasteiger partial charge in [-0.25, -0.2) is 0 Å². The average Bonchev–Trinajstić information content (AvgIpc) is 2.65. The van der Waals surface area contributed by atoms with Gasteiger partial charge in [0.2, 0.25) is 0 Å². The van der Waals surface area contributed by atoms with E-state index >= 15 is 0 Å². The van der Waals surface area contributed by atoms with Crippen LogP contribution in [0, 0.1) is 29.6 Å². The summed E-state index contributed by atoms with van der Waals surface area (Å²) in [6, 6.07) is 0. The van der Waals surface area contributed by atoms with Gasteiger partial charge in [-0.2, -0.15) is 0 Å². The number of carbonyl (C=O) groups excluding carboxylic acids is 2. The summed E-state index contributed by atoms with van der Waals surface area (Å²) >= 11 is 0. The van der Waals surface area contributed by atoms with E-state index in [9.17, 15) is 30.0 Å². The smallest absolute Gasteiger partial charge is 0.311 e. The maximum absolute atomic E-state index is 12.8. The van der Waals surface area contributed by atoms with Crippen molar-refractivity contribution in [3.05, 3.63) is 0 Å². The number of esters is 1. The number of aliphatic hydroxyl groups excluding tert-OH is 3. The quantitative estimate of drug-likeness (QED) is 0.487. The van der Waals surface area contributed by atoms with Crippen LogP contribution in [0.5, 0.6) is 0 Å². The fraction of sp³-hybridized carbons (Fsp3) is 0.905. The zero-order chi connectivity index (χ0) is 22.0. The molecule has 7 heteroatoms. The lowest BCUT2D eigenvalue weighted by Crippen LogP contribution is -2.51. The zero-order valence-electron chi connectivity index (χ0n) is 18.1. The molecule has 0 aliphatic carbocycles. The molecule has 0 saturated carbocycles. The number of Topliss-reactive ketones (excluding diaryl/α,β-unsaturated/α-hetero) is 1. The SMILES string of the molecule is CCC1OC(=O)C(C)C(O)C(C)C(O)C(C)(O)CC(C)C(=O)C(C)C(O)C1C. The second-order valence-corrected chi connectivity index (χ2v) is 8.97. The fourth-order valence-corrected chi connectivity index (χ4v) is 4.30. The first-order valence-corrected chi connectivity index (χ1v) is 10.3. The summed E-state index contributed by atoms with van der Waals surface area (Å²) in [5.74, 6) is -4.39. The Labute approximate surface area is 168 Å². The van der Waals surface area contributed by atoms with Crippen molar-refractivity contribution in [2.75, 3.05) is 0 Å². The lowest BCUT2D eigenvalue weighted by atomic mass is 9.75. The van der Waals surface area contributed by atoms with Crippen molar-refractivity contribution >= 4 is 11.8 Å². The maximum Gasteiger partial charge on any atom is 0.311 e. The number of hydrogen-bond acceptors (Lipinski definition) is 7. The van der Waals surface area contributed by atoms with Crippen LogP contribution >= 0.6 is 0 Å². The van der Waals surface area contributed by atoms with Crippen LogP contribution in [0.1, 0.15) is 61.3 Å². The van der Waals surface area contributed by atoms with E-state index in [1.807, 2.05) is 6.92 Å². The molecule has 1 heterocycles. The zero-order valence-corrected chi connectivity index (χ0v) is 18.1. The molecule has 4 N–H and O–H groups in total. The van der Waals surface area contributed by atoms with Gasteiger partial charge in [-0.3, -0.25) is 9.59 Å². The Kier molecular flexibility index (Phi) is 8.62. The molecule has 1 fully saturated rings. The third-order valence-electron chi connectivity index (χ3n) is 6.52. The first-order valence-electron chi connectivity index (χ1n) is 10.3. The second-order valence-electron chi connectivity index (χ2n) is 8.97. The van der Waals surface area contributed by atoms with Crippen molar-refractivity contribution in [2.45, 2.75) is 91.3 Å². The Hall–Kier alpha value is -1.02. The lowest BCUT2D eigenvalue weighted by Gasteiger charge is -2.39. The fourth-order valence-electron chi connectivity index (χ4n) is 4.30. The highest BCUT2D eigenvalue weighted by Crippen LogP contribution is 2.32. The van der Waals surface area contributed by atoms with Gasteiger partial charge in [-0.15, -0.1) is 0 Å². The van der Waals surface area contributed by atoms with Crippen LogP contribution in [-0.2, 0) is 14.3 Å². The Morgan fingerprint density at radius 2 is 1.46 bits per heavy atom. The van der Waals surface area contributed by atoms with Crippen molar-refractivity contribution in [2.24, 2.45) is 29.6 Å². The van der Waals surface area contributed by atoms with Crippen LogP contribution in [-0.4, -0.2) is 62.2 Å². The topological polar surface area (TPSA) is 124 Å². The highest BCUT2D eigenvalue weighted by Gasteiger charge is 2.44. The molecule has 0 amide bonds. The van der Waals surface area contributed by atoms with Crippen molar-refractivity contribution < 1.29 is 34.8 Å². The van der Waals surface area contributed by atoms with E-state index in [-0.39, 0.29) is 12.2 Å². The molecule has 10 unspecified atom stereocenters. The maximum atomic E-state index is 12.8. The second kappa shape index (κ2) is 9.65. The number of ether oxygens (including phenoxy) is 1. The minimum atomic E-state index is -1.65. The van der Waals surface area contributed by atoms with Gasteiger partial charge in [-0.05, 0) is 26.7 Å². The minimum Gasteiger partial charge on any atom is -0.462 e. The molecular formula is C21H38O7. The van der Waals surface area contributed by atoms with Crippen LogP contribution in [0.25, 0.3) is 0 Å². The standard InChI is InChI=1S/C21H38O7/c1-8-15-11(3)17(23)12(4)16(22)10(2)9-21(7,27)19(25)13(5)18(24)14(6)20(26)28-15/h10-15,17-19,23-25,27H,8-9H2,1-7H3. The van der Waals surface area contributed by atoms with Gasteiger partial charge in [0.15, 0.2) is 0 Å². The van der Waals surface area contributed by atoms with Crippen molar-refractivity contribution in [1.29, 1.82) is 0 Å². The highest BCUT2D eigenvalue weighted by atomic mass is 16.5. The molecule has 28 heavy (non-hydrogen) atoms. The molecule has 164 valence electrons. The molecule has 0 aromatic rings. The van der Waals surface area contributed by atoms with E-state index in [1.54, 1.807) is 27.7 Å². The van der Waals surface area contributed by atoms with Crippen LogP contribution < -0.4 is 0 Å². The summed E-state index contributed by atoms with van der Waals surface area (Å²) in [4.78, 5) is 25.4. The van der Waals surface area contributed by atoms with Gasteiger partial charge in [0.1, 0.15) is 11.9 Å². The van der Waals surface area contributed by atoms with Gasteiger partial charge in [0, 0.05) is 23.7 Å². The number of ketones is 1. The predicted octanol–water partition coefficient (Wildman–Crippen LogP) is 1.30. The molecule has 10 atom stereocenters. The van der Waals surface area contributed by atoms with E-state index in [1.165, 1.54) is 13.8 Å². The molecule has 1 saturated heterocycles. The molecule has 0 aromatic carbocycles. The molecule has 0 spiro atoms. The van der Waals surface area contributed by atoms with Crippen LogP contribution in [0.4, 0.5) is 0 Å².